The smallest absolute Gasteiger partial charge is 0.412 e. The second kappa shape index (κ2) is 7.37. The molecule has 2 heterocycles. The van der Waals surface area contributed by atoms with Gasteiger partial charge in [-0.3, -0.25) is 9.58 Å². The third-order valence-electron chi connectivity index (χ3n) is 5.78. The summed E-state index contributed by atoms with van der Waals surface area (Å²) in [6.45, 7) is 5.83. The highest BCUT2D eigenvalue weighted by atomic mass is 16.5. The molecule has 7 heteroatoms. The maximum absolute atomic E-state index is 11.9. The molecule has 0 bridgehead atoms. The number of anilines is 1. The van der Waals surface area contributed by atoms with Crippen LogP contribution in [0, 0.1) is 0 Å². The molecule has 1 aromatic carbocycles. The summed E-state index contributed by atoms with van der Waals surface area (Å²) in [4.78, 5) is 13.3. The SMILES string of the molecule is C[C@H]1CCc2c(ccc(-c3cnn(CC(C)(C)O)c3)c2OC2CCC2)N1C(=O)O. The number of carbonyl (C=O) groups is 1. The van der Waals surface area contributed by atoms with Crippen molar-refractivity contribution in [1.82, 2.24) is 9.78 Å². The van der Waals surface area contributed by atoms with Gasteiger partial charge in [-0.05, 0) is 65.0 Å². The zero-order valence-electron chi connectivity index (χ0n) is 17.3. The lowest BCUT2D eigenvalue weighted by Gasteiger charge is -2.36. The third kappa shape index (κ3) is 3.96. The van der Waals surface area contributed by atoms with Crippen molar-refractivity contribution in [2.24, 2.45) is 0 Å². The highest BCUT2D eigenvalue weighted by Gasteiger charge is 2.33. The van der Waals surface area contributed by atoms with Crippen LogP contribution in [0.5, 0.6) is 5.75 Å². The largest absolute Gasteiger partial charge is 0.489 e. The molecule has 1 atom stereocenters. The zero-order valence-corrected chi connectivity index (χ0v) is 17.3. The Bertz CT molecular complexity index is 911. The minimum absolute atomic E-state index is 0.0584. The summed E-state index contributed by atoms with van der Waals surface area (Å²) in [5.74, 6) is 0.785. The lowest BCUT2D eigenvalue weighted by Crippen LogP contribution is -2.41. The molecule has 0 saturated heterocycles. The molecule has 0 spiro atoms. The van der Waals surface area contributed by atoms with Gasteiger partial charge in [0, 0.05) is 28.9 Å². The van der Waals surface area contributed by atoms with Crippen molar-refractivity contribution in [1.29, 1.82) is 0 Å². The molecular formula is C22H29N3O4. The molecule has 2 aliphatic rings. The number of aliphatic hydroxyl groups is 1. The number of hydrogen-bond acceptors (Lipinski definition) is 4. The van der Waals surface area contributed by atoms with Crippen LogP contribution < -0.4 is 9.64 Å². The molecule has 4 rings (SSSR count). The van der Waals surface area contributed by atoms with Gasteiger partial charge in [0.05, 0.1) is 30.1 Å². The van der Waals surface area contributed by atoms with Crippen molar-refractivity contribution in [3.63, 3.8) is 0 Å². The number of amides is 1. The van der Waals surface area contributed by atoms with E-state index in [0.717, 1.165) is 60.2 Å². The van der Waals surface area contributed by atoms with E-state index in [2.05, 4.69) is 5.10 Å². The van der Waals surface area contributed by atoms with E-state index >= 15 is 0 Å². The highest BCUT2D eigenvalue weighted by molar-refractivity contribution is 5.91. The monoisotopic (exact) mass is 399 g/mol. The molecule has 2 N–H and O–H groups in total. The van der Waals surface area contributed by atoms with E-state index in [1.165, 1.54) is 4.90 Å². The fraction of sp³-hybridized carbons (Fsp3) is 0.545. The van der Waals surface area contributed by atoms with Gasteiger partial charge in [-0.1, -0.05) is 0 Å². The molecule has 1 saturated carbocycles. The summed E-state index contributed by atoms with van der Waals surface area (Å²) in [5, 5.41) is 24.2. The Morgan fingerprint density at radius 3 is 2.69 bits per heavy atom. The lowest BCUT2D eigenvalue weighted by atomic mass is 9.91. The molecular weight excluding hydrogens is 370 g/mol. The van der Waals surface area contributed by atoms with Gasteiger partial charge in [0.1, 0.15) is 5.75 Å². The second-order valence-electron chi connectivity index (χ2n) is 8.89. The molecule has 1 aliphatic carbocycles. The van der Waals surface area contributed by atoms with Crippen LogP contribution in [0.4, 0.5) is 10.5 Å². The van der Waals surface area contributed by atoms with Gasteiger partial charge < -0.3 is 14.9 Å². The maximum Gasteiger partial charge on any atom is 0.412 e. The van der Waals surface area contributed by atoms with Crippen LogP contribution in [0.3, 0.4) is 0 Å². The van der Waals surface area contributed by atoms with Crippen LogP contribution in [0.15, 0.2) is 24.5 Å². The summed E-state index contributed by atoms with van der Waals surface area (Å²) in [6.07, 6.45) is 7.71. The lowest BCUT2D eigenvalue weighted by molar-refractivity contribution is 0.0577. The Kier molecular flexibility index (Phi) is 5.02. The minimum atomic E-state index is -0.932. The topological polar surface area (TPSA) is 87.8 Å². The number of carboxylic acid groups (broad SMARTS) is 1. The minimum Gasteiger partial charge on any atom is -0.489 e. The molecule has 1 amide bonds. The Labute approximate surface area is 170 Å². The van der Waals surface area contributed by atoms with E-state index in [1.54, 1.807) is 24.7 Å². The van der Waals surface area contributed by atoms with Crippen LogP contribution in [0.2, 0.25) is 0 Å². The van der Waals surface area contributed by atoms with Crippen molar-refractivity contribution >= 4 is 11.8 Å². The van der Waals surface area contributed by atoms with Crippen molar-refractivity contribution < 1.29 is 19.7 Å². The number of ether oxygens (including phenoxy) is 1. The van der Waals surface area contributed by atoms with Gasteiger partial charge in [-0.25, -0.2) is 4.79 Å². The van der Waals surface area contributed by atoms with E-state index in [0.29, 0.717) is 6.54 Å². The predicted octanol–water partition coefficient (Wildman–Crippen LogP) is 4.07. The summed E-state index contributed by atoms with van der Waals surface area (Å²) < 4.78 is 8.13. The fourth-order valence-electron chi connectivity index (χ4n) is 4.10. The summed E-state index contributed by atoms with van der Waals surface area (Å²) >= 11 is 0. The molecule has 0 unspecified atom stereocenters. The van der Waals surface area contributed by atoms with E-state index in [9.17, 15) is 15.0 Å². The first kappa shape index (κ1) is 19.8. The first-order chi connectivity index (χ1) is 13.7. The van der Waals surface area contributed by atoms with Gasteiger partial charge in [0.2, 0.25) is 0 Å². The standard InChI is InChI=1S/C22H29N3O4/c1-14-7-8-18-19(25(14)21(26)27)10-9-17(20(18)29-16-5-4-6-16)15-11-23-24(12-15)13-22(2,3)28/h9-12,14,16,28H,4-8,13H2,1-3H3,(H,26,27)/t14-/m0/s1. The average Bonchev–Trinajstić information content (AvgIpc) is 3.03. The normalized spacial score (nSPS) is 19.6. The number of fused-ring (bicyclic) bond motifs is 1. The average molecular weight is 399 g/mol. The first-order valence-electron chi connectivity index (χ1n) is 10.3. The van der Waals surface area contributed by atoms with Gasteiger partial charge in [-0.15, -0.1) is 0 Å². The molecule has 2 aromatic rings. The number of hydrogen-bond donors (Lipinski definition) is 2. The van der Waals surface area contributed by atoms with Gasteiger partial charge in [0.15, 0.2) is 0 Å². The second-order valence-corrected chi connectivity index (χ2v) is 8.89. The number of nitrogens with zero attached hydrogens (tertiary/aromatic N) is 3. The fourth-order valence-corrected chi connectivity index (χ4v) is 4.10. The molecule has 7 nitrogen and oxygen atoms in total. The number of rotatable bonds is 5. The first-order valence-corrected chi connectivity index (χ1v) is 10.3. The van der Waals surface area contributed by atoms with Crippen molar-refractivity contribution in [2.75, 3.05) is 4.90 Å². The van der Waals surface area contributed by atoms with E-state index < -0.39 is 11.7 Å². The van der Waals surface area contributed by atoms with Gasteiger partial charge in [-0.2, -0.15) is 5.10 Å². The Morgan fingerprint density at radius 2 is 2.07 bits per heavy atom. The van der Waals surface area contributed by atoms with Gasteiger partial charge >= 0.3 is 6.09 Å². The Hall–Kier alpha value is -2.54. The van der Waals surface area contributed by atoms with Gasteiger partial charge in [0.25, 0.3) is 0 Å². The van der Waals surface area contributed by atoms with E-state index in [4.69, 9.17) is 4.74 Å². The van der Waals surface area contributed by atoms with Crippen molar-refractivity contribution in [2.45, 2.75) is 77.2 Å². The zero-order chi connectivity index (χ0) is 20.8. The Balaban J connectivity index is 1.77. The number of aromatic nitrogens is 2. The molecule has 156 valence electrons. The molecule has 0 radical (unpaired) electrons. The molecule has 1 aliphatic heterocycles. The van der Waals surface area contributed by atoms with Crippen LogP contribution in [-0.4, -0.2) is 43.8 Å². The van der Waals surface area contributed by atoms with Crippen LogP contribution in [0.25, 0.3) is 11.1 Å². The molecule has 29 heavy (non-hydrogen) atoms. The van der Waals surface area contributed by atoms with Crippen LogP contribution >= 0.6 is 0 Å². The molecule has 1 fully saturated rings. The van der Waals surface area contributed by atoms with Crippen molar-refractivity contribution in [3.05, 3.63) is 30.1 Å². The summed E-state index contributed by atoms with van der Waals surface area (Å²) in [6, 6.07) is 3.76. The summed E-state index contributed by atoms with van der Waals surface area (Å²) in [7, 11) is 0. The number of benzene rings is 1. The quantitative estimate of drug-likeness (QED) is 0.791. The third-order valence-corrected chi connectivity index (χ3v) is 5.78. The van der Waals surface area contributed by atoms with Crippen LogP contribution in [-0.2, 0) is 13.0 Å². The highest BCUT2D eigenvalue weighted by Crippen LogP contribution is 2.44. The maximum atomic E-state index is 11.9. The van der Waals surface area contributed by atoms with E-state index in [-0.39, 0.29) is 12.1 Å². The van der Waals surface area contributed by atoms with Crippen molar-refractivity contribution in [3.8, 4) is 16.9 Å². The van der Waals surface area contributed by atoms with Crippen LogP contribution in [0.1, 0.15) is 52.0 Å². The summed E-state index contributed by atoms with van der Waals surface area (Å²) in [5.41, 5.74) is 2.66. The Morgan fingerprint density at radius 1 is 1.31 bits per heavy atom. The predicted molar refractivity (Wildman–Crippen MR) is 111 cm³/mol. The molecule has 1 aromatic heterocycles. The van der Waals surface area contributed by atoms with E-state index in [1.807, 2.05) is 25.3 Å².